The van der Waals surface area contributed by atoms with E-state index in [4.69, 9.17) is 5.73 Å². The van der Waals surface area contributed by atoms with E-state index in [9.17, 15) is 5.11 Å². The Balaban J connectivity index is 3.22. The Kier molecular flexibility index (Phi) is 4.81. The lowest BCUT2D eigenvalue weighted by atomic mass is 9.94. The van der Waals surface area contributed by atoms with E-state index in [0.717, 1.165) is 34.0 Å². The third kappa shape index (κ3) is 2.77. The van der Waals surface area contributed by atoms with Gasteiger partial charge in [-0.3, -0.25) is 0 Å². The largest absolute Gasteiger partial charge is 0.507 e. The number of hydrogen-bond donors (Lipinski definition) is 2. The van der Waals surface area contributed by atoms with Crippen molar-refractivity contribution in [3.8, 4) is 5.75 Å². The quantitative estimate of drug-likeness (QED) is 0.890. The first kappa shape index (κ1) is 13.5. The monoisotopic (exact) mass is 285 g/mol. The molecule has 0 aromatic heterocycles. The SMILES string of the molecule is Cc1c(Br)cc(C(C)C)c(O)c1CCCN. The van der Waals surface area contributed by atoms with Crippen LogP contribution in [0.1, 0.15) is 42.9 Å². The summed E-state index contributed by atoms with van der Waals surface area (Å²) < 4.78 is 1.07. The van der Waals surface area contributed by atoms with Crippen molar-refractivity contribution in [2.45, 2.75) is 39.5 Å². The molecule has 0 unspecified atom stereocenters. The van der Waals surface area contributed by atoms with Gasteiger partial charge in [0.2, 0.25) is 0 Å². The topological polar surface area (TPSA) is 46.2 Å². The summed E-state index contributed by atoms with van der Waals surface area (Å²) in [6.07, 6.45) is 1.75. The summed E-state index contributed by atoms with van der Waals surface area (Å²) in [6.45, 7) is 6.86. The number of halogens is 1. The van der Waals surface area contributed by atoms with Gasteiger partial charge in [-0.15, -0.1) is 0 Å². The predicted molar refractivity (Wildman–Crippen MR) is 72.0 cm³/mol. The maximum absolute atomic E-state index is 10.2. The van der Waals surface area contributed by atoms with E-state index in [1.807, 2.05) is 13.0 Å². The number of phenols is 1. The minimum absolute atomic E-state index is 0.327. The van der Waals surface area contributed by atoms with E-state index in [-0.39, 0.29) is 0 Å². The highest BCUT2D eigenvalue weighted by molar-refractivity contribution is 9.10. The van der Waals surface area contributed by atoms with Gasteiger partial charge in [0.05, 0.1) is 0 Å². The Morgan fingerprint density at radius 2 is 2.06 bits per heavy atom. The van der Waals surface area contributed by atoms with Gasteiger partial charge in [-0.2, -0.15) is 0 Å². The van der Waals surface area contributed by atoms with E-state index in [2.05, 4.69) is 29.8 Å². The summed E-state index contributed by atoms with van der Waals surface area (Å²) in [4.78, 5) is 0. The lowest BCUT2D eigenvalue weighted by Crippen LogP contribution is -2.03. The van der Waals surface area contributed by atoms with Gasteiger partial charge in [-0.25, -0.2) is 0 Å². The highest BCUT2D eigenvalue weighted by Gasteiger charge is 2.15. The van der Waals surface area contributed by atoms with E-state index >= 15 is 0 Å². The first-order valence-electron chi connectivity index (χ1n) is 5.70. The van der Waals surface area contributed by atoms with Gasteiger partial charge < -0.3 is 10.8 Å². The van der Waals surface area contributed by atoms with Crippen LogP contribution in [0.4, 0.5) is 0 Å². The fourth-order valence-electron chi connectivity index (χ4n) is 1.83. The van der Waals surface area contributed by atoms with Crippen molar-refractivity contribution in [2.75, 3.05) is 6.54 Å². The number of hydrogen-bond acceptors (Lipinski definition) is 2. The number of rotatable bonds is 4. The van der Waals surface area contributed by atoms with Crippen LogP contribution in [0, 0.1) is 6.92 Å². The molecule has 0 saturated carbocycles. The number of aromatic hydroxyl groups is 1. The molecule has 0 aliphatic heterocycles. The smallest absolute Gasteiger partial charge is 0.122 e. The Labute approximate surface area is 106 Å². The molecule has 1 aromatic rings. The highest BCUT2D eigenvalue weighted by atomic mass is 79.9. The molecule has 1 aromatic carbocycles. The molecular formula is C13H20BrNO. The molecule has 2 nitrogen and oxygen atoms in total. The normalized spacial score (nSPS) is 11.1. The van der Waals surface area contributed by atoms with Crippen LogP contribution >= 0.6 is 15.9 Å². The van der Waals surface area contributed by atoms with Crippen LogP contribution in [-0.4, -0.2) is 11.7 Å². The molecule has 0 saturated heterocycles. The second kappa shape index (κ2) is 5.69. The Morgan fingerprint density at radius 3 is 2.56 bits per heavy atom. The molecule has 3 heteroatoms. The molecule has 0 spiro atoms. The Hall–Kier alpha value is -0.540. The van der Waals surface area contributed by atoms with Gasteiger partial charge in [0.15, 0.2) is 0 Å². The molecule has 3 N–H and O–H groups in total. The minimum Gasteiger partial charge on any atom is -0.507 e. The number of benzene rings is 1. The van der Waals surface area contributed by atoms with Crippen LogP contribution in [0.3, 0.4) is 0 Å². The molecule has 0 bridgehead atoms. The van der Waals surface area contributed by atoms with E-state index in [1.54, 1.807) is 0 Å². The first-order chi connectivity index (χ1) is 7.49. The standard InChI is InChI=1S/C13H20BrNO/c1-8(2)11-7-12(14)9(3)10(13(11)16)5-4-6-15/h7-8,16H,4-6,15H2,1-3H3. The zero-order chi connectivity index (χ0) is 12.3. The molecule has 0 fully saturated rings. The van der Waals surface area contributed by atoms with Crippen molar-refractivity contribution in [2.24, 2.45) is 5.73 Å². The average Bonchev–Trinajstić information content (AvgIpc) is 2.23. The van der Waals surface area contributed by atoms with Gasteiger partial charge in [0.1, 0.15) is 5.75 Å². The van der Waals surface area contributed by atoms with Gasteiger partial charge >= 0.3 is 0 Å². The third-order valence-corrected chi connectivity index (χ3v) is 3.73. The maximum Gasteiger partial charge on any atom is 0.122 e. The lowest BCUT2D eigenvalue weighted by Gasteiger charge is -2.16. The molecule has 0 amide bonds. The average molecular weight is 286 g/mol. The summed E-state index contributed by atoms with van der Waals surface area (Å²) in [5.41, 5.74) is 8.67. The van der Waals surface area contributed by atoms with Gasteiger partial charge in [-0.05, 0) is 55.0 Å². The van der Waals surface area contributed by atoms with Crippen LogP contribution in [0.15, 0.2) is 10.5 Å². The van der Waals surface area contributed by atoms with Crippen molar-refractivity contribution in [3.05, 3.63) is 27.2 Å². The van der Waals surface area contributed by atoms with Crippen molar-refractivity contribution in [1.29, 1.82) is 0 Å². The van der Waals surface area contributed by atoms with Crippen LogP contribution in [0.25, 0.3) is 0 Å². The Morgan fingerprint density at radius 1 is 1.44 bits per heavy atom. The van der Waals surface area contributed by atoms with Crippen molar-refractivity contribution < 1.29 is 5.11 Å². The van der Waals surface area contributed by atoms with Crippen LogP contribution in [0.2, 0.25) is 0 Å². The summed E-state index contributed by atoms with van der Waals surface area (Å²) >= 11 is 3.55. The van der Waals surface area contributed by atoms with Gasteiger partial charge in [0, 0.05) is 4.47 Å². The fraction of sp³-hybridized carbons (Fsp3) is 0.538. The number of phenolic OH excluding ortho intramolecular Hbond substituents is 1. The minimum atomic E-state index is 0.327. The molecule has 0 aliphatic rings. The summed E-state index contributed by atoms with van der Waals surface area (Å²) in [6, 6.07) is 2.02. The third-order valence-electron chi connectivity index (χ3n) is 2.91. The van der Waals surface area contributed by atoms with E-state index in [1.165, 1.54) is 0 Å². The van der Waals surface area contributed by atoms with Crippen molar-refractivity contribution in [1.82, 2.24) is 0 Å². The molecular weight excluding hydrogens is 266 g/mol. The lowest BCUT2D eigenvalue weighted by molar-refractivity contribution is 0.456. The summed E-state index contributed by atoms with van der Waals surface area (Å²) in [5.74, 6) is 0.776. The maximum atomic E-state index is 10.2. The molecule has 1 rings (SSSR count). The zero-order valence-corrected chi connectivity index (χ0v) is 11.8. The molecule has 0 atom stereocenters. The van der Waals surface area contributed by atoms with E-state index < -0.39 is 0 Å². The molecule has 16 heavy (non-hydrogen) atoms. The zero-order valence-electron chi connectivity index (χ0n) is 10.2. The highest BCUT2D eigenvalue weighted by Crippen LogP contribution is 2.36. The molecule has 0 heterocycles. The summed E-state index contributed by atoms with van der Waals surface area (Å²) in [7, 11) is 0. The van der Waals surface area contributed by atoms with Gasteiger partial charge in [-0.1, -0.05) is 29.8 Å². The van der Waals surface area contributed by atoms with Crippen molar-refractivity contribution in [3.63, 3.8) is 0 Å². The predicted octanol–water partition coefficient (Wildman–Crippen LogP) is 3.48. The van der Waals surface area contributed by atoms with Gasteiger partial charge in [0.25, 0.3) is 0 Å². The second-order valence-electron chi connectivity index (χ2n) is 4.45. The second-order valence-corrected chi connectivity index (χ2v) is 5.30. The molecule has 0 aliphatic carbocycles. The summed E-state index contributed by atoms with van der Waals surface area (Å²) in [5, 5.41) is 10.2. The van der Waals surface area contributed by atoms with Crippen LogP contribution < -0.4 is 5.73 Å². The number of nitrogens with two attached hydrogens (primary N) is 1. The van der Waals surface area contributed by atoms with Crippen molar-refractivity contribution >= 4 is 15.9 Å². The van der Waals surface area contributed by atoms with Crippen LogP contribution in [0.5, 0.6) is 5.75 Å². The van der Waals surface area contributed by atoms with Crippen LogP contribution in [-0.2, 0) is 6.42 Å². The van der Waals surface area contributed by atoms with E-state index in [0.29, 0.717) is 18.2 Å². The fourth-order valence-corrected chi connectivity index (χ4v) is 2.32. The molecule has 0 radical (unpaired) electrons. The first-order valence-corrected chi connectivity index (χ1v) is 6.49. The molecule has 90 valence electrons. The Bertz CT molecular complexity index is 375.